The molecular formula is C22H34N8O2. The number of rotatable bonds is 6. The molecule has 0 spiro atoms. The molecule has 0 aliphatic carbocycles. The van der Waals surface area contributed by atoms with Gasteiger partial charge in [0.2, 0.25) is 11.7 Å². The van der Waals surface area contributed by atoms with Crippen LogP contribution in [0, 0.1) is 0 Å². The summed E-state index contributed by atoms with van der Waals surface area (Å²) in [5.74, 6) is 3.19. The first-order valence-electron chi connectivity index (χ1n) is 11.6. The lowest BCUT2D eigenvalue weighted by Crippen LogP contribution is -2.54. The van der Waals surface area contributed by atoms with Crippen LogP contribution in [0.3, 0.4) is 0 Å². The van der Waals surface area contributed by atoms with Gasteiger partial charge in [0, 0.05) is 59.3 Å². The summed E-state index contributed by atoms with van der Waals surface area (Å²) in [5, 5.41) is 10.6. The van der Waals surface area contributed by atoms with Gasteiger partial charge in [-0.3, -0.25) is 19.8 Å². The molecule has 174 valence electrons. The van der Waals surface area contributed by atoms with Crippen LogP contribution in [0.5, 0.6) is 0 Å². The summed E-state index contributed by atoms with van der Waals surface area (Å²) in [7, 11) is 1.81. The van der Waals surface area contributed by atoms with Crippen molar-refractivity contribution in [3.05, 3.63) is 24.2 Å². The molecule has 0 unspecified atom stereocenters. The van der Waals surface area contributed by atoms with E-state index >= 15 is 0 Å². The summed E-state index contributed by atoms with van der Waals surface area (Å²) < 4.78 is 5.33. The lowest BCUT2D eigenvalue weighted by molar-refractivity contribution is -0.132. The van der Waals surface area contributed by atoms with Gasteiger partial charge in [-0.1, -0.05) is 12.8 Å². The number of piperazine rings is 1. The highest BCUT2D eigenvalue weighted by Gasteiger charge is 2.23. The predicted molar refractivity (Wildman–Crippen MR) is 122 cm³/mol. The van der Waals surface area contributed by atoms with E-state index in [9.17, 15) is 4.79 Å². The van der Waals surface area contributed by atoms with E-state index < -0.39 is 0 Å². The Morgan fingerprint density at radius 2 is 1.91 bits per heavy atom. The van der Waals surface area contributed by atoms with Crippen molar-refractivity contribution in [2.24, 2.45) is 4.99 Å². The van der Waals surface area contributed by atoms with Crippen molar-refractivity contribution in [2.75, 3.05) is 59.4 Å². The number of nitrogens with zero attached hydrogens (tertiary/aromatic N) is 6. The second-order valence-corrected chi connectivity index (χ2v) is 8.37. The zero-order chi connectivity index (χ0) is 22.2. The highest BCUT2D eigenvalue weighted by Crippen LogP contribution is 2.14. The van der Waals surface area contributed by atoms with E-state index in [-0.39, 0.29) is 5.91 Å². The van der Waals surface area contributed by atoms with Gasteiger partial charge in [-0.05, 0) is 25.0 Å². The second-order valence-electron chi connectivity index (χ2n) is 8.37. The summed E-state index contributed by atoms with van der Waals surface area (Å²) in [4.78, 5) is 28.1. The van der Waals surface area contributed by atoms with Crippen LogP contribution in [-0.2, 0) is 11.2 Å². The van der Waals surface area contributed by atoms with Gasteiger partial charge in [-0.25, -0.2) is 4.98 Å². The van der Waals surface area contributed by atoms with Crippen molar-refractivity contribution in [1.82, 2.24) is 35.2 Å². The maximum atomic E-state index is 12.7. The van der Waals surface area contributed by atoms with Crippen LogP contribution >= 0.6 is 0 Å². The Bertz CT molecular complexity index is 862. The lowest BCUT2D eigenvalue weighted by Gasteiger charge is -2.37. The molecule has 2 saturated heterocycles. The Morgan fingerprint density at radius 3 is 2.59 bits per heavy atom. The van der Waals surface area contributed by atoms with E-state index in [2.05, 4.69) is 40.2 Å². The van der Waals surface area contributed by atoms with Crippen LogP contribution in [0.15, 0.2) is 27.8 Å². The van der Waals surface area contributed by atoms with Gasteiger partial charge in [0.05, 0.1) is 12.8 Å². The minimum atomic E-state index is 0.281. The molecule has 0 radical (unpaired) electrons. The number of carbonyl (C=O) groups is 1. The van der Waals surface area contributed by atoms with E-state index in [1.807, 2.05) is 12.1 Å². The molecule has 2 fully saturated rings. The summed E-state index contributed by atoms with van der Waals surface area (Å²) >= 11 is 0. The first-order valence-corrected chi connectivity index (χ1v) is 11.6. The van der Waals surface area contributed by atoms with Crippen LogP contribution in [0.25, 0.3) is 11.6 Å². The van der Waals surface area contributed by atoms with Crippen molar-refractivity contribution < 1.29 is 9.21 Å². The van der Waals surface area contributed by atoms with E-state index in [4.69, 9.17) is 4.42 Å². The molecule has 10 nitrogen and oxygen atoms in total. The molecule has 0 atom stereocenters. The molecule has 1 amide bonds. The number of aromatic amines is 1. The Balaban J connectivity index is 1.18. The quantitative estimate of drug-likeness (QED) is 0.511. The maximum absolute atomic E-state index is 12.7. The molecule has 4 heterocycles. The third-order valence-electron chi connectivity index (χ3n) is 6.12. The van der Waals surface area contributed by atoms with Crippen LogP contribution in [0.4, 0.5) is 0 Å². The molecule has 2 aromatic heterocycles. The Labute approximate surface area is 189 Å². The van der Waals surface area contributed by atoms with Crippen molar-refractivity contribution in [3.63, 3.8) is 0 Å². The summed E-state index contributed by atoms with van der Waals surface area (Å²) in [6.45, 7) is 6.53. The van der Waals surface area contributed by atoms with Crippen LogP contribution in [0.1, 0.15) is 31.5 Å². The van der Waals surface area contributed by atoms with E-state index in [0.29, 0.717) is 31.1 Å². The third kappa shape index (κ3) is 5.87. The number of amides is 1. The highest BCUT2D eigenvalue weighted by molar-refractivity contribution is 5.80. The molecule has 2 aromatic rings. The number of likely N-dealkylation sites (tertiary alicyclic amines) is 1. The van der Waals surface area contributed by atoms with E-state index in [1.165, 1.54) is 12.8 Å². The van der Waals surface area contributed by atoms with Crippen LogP contribution in [-0.4, -0.2) is 101 Å². The average Bonchev–Trinajstić information content (AvgIpc) is 3.44. The minimum Gasteiger partial charge on any atom is -0.461 e. The number of furan rings is 1. The molecule has 0 bridgehead atoms. The number of guanidine groups is 1. The van der Waals surface area contributed by atoms with Crippen LogP contribution < -0.4 is 5.32 Å². The zero-order valence-electron chi connectivity index (χ0n) is 18.9. The minimum absolute atomic E-state index is 0.281. The lowest BCUT2D eigenvalue weighted by atomic mass is 10.2. The molecule has 2 N–H and O–H groups in total. The van der Waals surface area contributed by atoms with E-state index in [1.54, 1.807) is 13.3 Å². The number of hydrogen-bond acceptors (Lipinski definition) is 6. The molecule has 32 heavy (non-hydrogen) atoms. The second kappa shape index (κ2) is 11.1. The first kappa shape index (κ1) is 22.3. The molecule has 0 saturated carbocycles. The predicted octanol–water partition coefficient (Wildman–Crippen LogP) is 1.20. The van der Waals surface area contributed by atoms with Gasteiger partial charge in [-0.15, -0.1) is 0 Å². The van der Waals surface area contributed by atoms with Crippen molar-refractivity contribution in [3.8, 4) is 11.6 Å². The fourth-order valence-electron chi connectivity index (χ4n) is 4.28. The number of aliphatic imine (C=N–C) groups is 1. The number of carbonyl (C=O) groups excluding carboxylic acids is 1. The number of hydrogen-bond donors (Lipinski definition) is 2. The fraction of sp³-hybridized carbons (Fsp3) is 0.636. The summed E-state index contributed by atoms with van der Waals surface area (Å²) in [5.41, 5.74) is 0. The van der Waals surface area contributed by atoms with Gasteiger partial charge in [0.15, 0.2) is 11.7 Å². The standard InChI is InChI=1S/C22H34N8O2/c1-23-22(24-9-8-19-25-21(27-26-19)18-7-6-16-32-18)30-14-12-28(13-15-30)17-20(31)29-10-4-2-3-5-11-29/h6-7,16H,2-5,8-15,17H2,1H3,(H,23,24)(H,25,26,27). The molecular weight excluding hydrogens is 408 g/mol. The maximum Gasteiger partial charge on any atom is 0.236 e. The molecule has 2 aliphatic heterocycles. The van der Waals surface area contributed by atoms with Crippen LogP contribution in [0.2, 0.25) is 0 Å². The number of nitrogens with one attached hydrogen (secondary N) is 2. The highest BCUT2D eigenvalue weighted by atomic mass is 16.3. The number of H-pyrrole nitrogens is 1. The van der Waals surface area contributed by atoms with Gasteiger partial charge >= 0.3 is 0 Å². The van der Waals surface area contributed by atoms with Gasteiger partial charge in [0.1, 0.15) is 5.82 Å². The monoisotopic (exact) mass is 442 g/mol. The summed E-state index contributed by atoms with van der Waals surface area (Å²) in [6, 6.07) is 3.66. The molecule has 2 aliphatic rings. The first-order chi connectivity index (χ1) is 15.7. The van der Waals surface area contributed by atoms with Gasteiger partial charge < -0.3 is 19.5 Å². The largest absolute Gasteiger partial charge is 0.461 e. The van der Waals surface area contributed by atoms with Gasteiger partial charge in [-0.2, -0.15) is 5.10 Å². The third-order valence-corrected chi connectivity index (χ3v) is 6.12. The van der Waals surface area contributed by atoms with Crippen molar-refractivity contribution in [1.29, 1.82) is 0 Å². The van der Waals surface area contributed by atoms with Crippen molar-refractivity contribution in [2.45, 2.75) is 32.1 Å². The Morgan fingerprint density at radius 1 is 1.12 bits per heavy atom. The Hall–Kier alpha value is -2.88. The molecule has 4 rings (SSSR count). The van der Waals surface area contributed by atoms with Crippen molar-refractivity contribution >= 4 is 11.9 Å². The SMILES string of the molecule is CN=C(NCCc1nc(-c2ccco2)n[nH]1)N1CCN(CC(=O)N2CCCCCC2)CC1. The molecule has 0 aromatic carbocycles. The molecule has 10 heteroatoms. The van der Waals surface area contributed by atoms with Gasteiger partial charge in [0.25, 0.3) is 0 Å². The number of aromatic nitrogens is 3. The normalized spacial score (nSPS) is 18.6. The average molecular weight is 443 g/mol. The summed E-state index contributed by atoms with van der Waals surface area (Å²) in [6.07, 6.45) is 7.09. The smallest absolute Gasteiger partial charge is 0.236 e. The van der Waals surface area contributed by atoms with E-state index in [0.717, 1.165) is 63.9 Å². The Kier molecular flexibility index (Phi) is 7.76. The topological polar surface area (TPSA) is 106 Å². The fourth-order valence-corrected chi connectivity index (χ4v) is 4.28. The zero-order valence-corrected chi connectivity index (χ0v) is 18.9.